The van der Waals surface area contributed by atoms with Crippen molar-refractivity contribution < 1.29 is 19.1 Å². The Bertz CT molecular complexity index is 991. The highest BCUT2D eigenvalue weighted by molar-refractivity contribution is 6.30. The molecule has 0 aliphatic rings. The number of hydrogen-bond donors (Lipinski definition) is 1. The van der Waals surface area contributed by atoms with Gasteiger partial charge in [-0.15, -0.1) is 5.10 Å². The van der Waals surface area contributed by atoms with Crippen molar-refractivity contribution in [1.82, 2.24) is 20.3 Å². The maximum absolute atomic E-state index is 12.2. The van der Waals surface area contributed by atoms with Crippen LogP contribution in [0.4, 0.5) is 0 Å². The van der Waals surface area contributed by atoms with Crippen LogP contribution in [0, 0.1) is 6.92 Å². The summed E-state index contributed by atoms with van der Waals surface area (Å²) in [5.41, 5.74) is 1.02. The van der Waals surface area contributed by atoms with E-state index in [4.69, 9.17) is 21.1 Å². The minimum Gasteiger partial charge on any atom is -0.492 e. The highest BCUT2D eigenvalue weighted by Gasteiger charge is 2.19. The number of ether oxygens (including phenoxy) is 2. The Kier molecular flexibility index (Phi) is 6.80. The van der Waals surface area contributed by atoms with Crippen LogP contribution in [0.5, 0.6) is 5.75 Å². The number of aromatic nitrogens is 3. The van der Waals surface area contributed by atoms with Crippen molar-refractivity contribution in [1.29, 1.82) is 0 Å². The van der Waals surface area contributed by atoms with Gasteiger partial charge in [0.1, 0.15) is 12.4 Å². The number of halogens is 1. The van der Waals surface area contributed by atoms with Crippen LogP contribution in [0.2, 0.25) is 5.02 Å². The second-order valence-corrected chi connectivity index (χ2v) is 6.43. The molecule has 0 spiro atoms. The van der Waals surface area contributed by atoms with E-state index in [0.717, 1.165) is 0 Å². The van der Waals surface area contributed by atoms with E-state index in [9.17, 15) is 9.59 Å². The van der Waals surface area contributed by atoms with Gasteiger partial charge < -0.3 is 14.8 Å². The zero-order valence-electron chi connectivity index (χ0n) is 15.7. The predicted octanol–water partition coefficient (Wildman–Crippen LogP) is 2.58. The van der Waals surface area contributed by atoms with Gasteiger partial charge in [0.25, 0.3) is 5.91 Å². The molecule has 0 bridgehead atoms. The maximum Gasteiger partial charge on any atom is 0.361 e. The number of aryl methyl sites for hydroxylation is 1. The Morgan fingerprint density at radius 1 is 1.10 bits per heavy atom. The summed E-state index contributed by atoms with van der Waals surface area (Å²) < 4.78 is 10.5. The lowest BCUT2D eigenvalue weighted by Gasteiger charge is -2.07. The molecule has 0 saturated heterocycles. The van der Waals surface area contributed by atoms with E-state index in [2.05, 4.69) is 15.5 Å². The molecule has 0 aliphatic heterocycles. The van der Waals surface area contributed by atoms with Gasteiger partial charge in [-0.2, -0.15) is 9.90 Å². The van der Waals surface area contributed by atoms with Crippen LogP contribution in [0.25, 0.3) is 5.69 Å². The summed E-state index contributed by atoms with van der Waals surface area (Å²) in [6.07, 6.45) is 0. The minimum absolute atomic E-state index is 0.0326. The second-order valence-electron chi connectivity index (χ2n) is 5.99. The van der Waals surface area contributed by atoms with Crippen LogP contribution in [0.3, 0.4) is 0 Å². The van der Waals surface area contributed by atoms with Gasteiger partial charge in [0.05, 0.1) is 17.9 Å². The van der Waals surface area contributed by atoms with Gasteiger partial charge in [-0.1, -0.05) is 35.9 Å². The number of amides is 1. The Balaban J connectivity index is 1.46. The summed E-state index contributed by atoms with van der Waals surface area (Å²) in [4.78, 5) is 25.4. The number of nitrogens with zero attached hydrogens (tertiary/aromatic N) is 3. The molecule has 1 heterocycles. The van der Waals surface area contributed by atoms with Crippen LogP contribution in [-0.4, -0.2) is 46.6 Å². The first-order valence-corrected chi connectivity index (χ1v) is 9.22. The fourth-order valence-electron chi connectivity index (χ4n) is 2.41. The third kappa shape index (κ3) is 5.79. The average molecular weight is 415 g/mol. The molecule has 3 aromatic rings. The summed E-state index contributed by atoms with van der Waals surface area (Å²) in [7, 11) is 0. The molecule has 29 heavy (non-hydrogen) atoms. The van der Waals surface area contributed by atoms with Crippen LogP contribution >= 0.6 is 11.6 Å². The Morgan fingerprint density at radius 3 is 2.66 bits per heavy atom. The number of para-hydroxylation sites is 1. The van der Waals surface area contributed by atoms with E-state index >= 15 is 0 Å². The van der Waals surface area contributed by atoms with E-state index in [1.165, 1.54) is 4.80 Å². The Hall–Kier alpha value is -3.39. The normalized spacial score (nSPS) is 10.4. The van der Waals surface area contributed by atoms with Gasteiger partial charge >= 0.3 is 5.97 Å². The highest BCUT2D eigenvalue weighted by atomic mass is 35.5. The number of carbonyl (C=O) groups excluding carboxylic acids is 2. The van der Waals surface area contributed by atoms with Gasteiger partial charge in [-0.25, -0.2) is 4.79 Å². The molecule has 150 valence electrons. The van der Waals surface area contributed by atoms with E-state index in [-0.39, 0.29) is 12.2 Å². The van der Waals surface area contributed by atoms with E-state index < -0.39 is 18.5 Å². The van der Waals surface area contributed by atoms with Crippen LogP contribution in [-0.2, 0) is 9.53 Å². The van der Waals surface area contributed by atoms with Crippen molar-refractivity contribution in [2.45, 2.75) is 6.92 Å². The van der Waals surface area contributed by atoms with Gasteiger partial charge in [0.15, 0.2) is 12.3 Å². The third-order valence-corrected chi connectivity index (χ3v) is 4.02. The maximum atomic E-state index is 12.2. The van der Waals surface area contributed by atoms with Crippen molar-refractivity contribution >= 4 is 23.5 Å². The van der Waals surface area contributed by atoms with Crippen molar-refractivity contribution in [3.63, 3.8) is 0 Å². The zero-order chi connectivity index (χ0) is 20.6. The lowest BCUT2D eigenvalue weighted by molar-refractivity contribution is -0.124. The molecule has 0 fully saturated rings. The quantitative estimate of drug-likeness (QED) is 0.449. The first-order valence-electron chi connectivity index (χ1n) is 8.84. The molecule has 1 amide bonds. The molecule has 0 saturated carbocycles. The smallest absolute Gasteiger partial charge is 0.361 e. The zero-order valence-corrected chi connectivity index (χ0v) is 16.4. The van der Waals surface area contributed by atoms with Crippen LogP contribution in [0.1, 0.15) is 16.2 Å². The number of esters is 1. The number of hydrogen-bond acceptors (Lipinski definition) is 6. The molecular formula is C20H19ClN4O4. The summed E-state index contributed by atoms with van der Waals surface area (Å²) in [5.74, 6) is -0.451. The molecule has 0 unspecified atom stereocenters. The SMILES string of the molecule is Cc1nn(-c2cccc(Cl)c2)nc1C(=O)OCC(=O)NCCOc1ccccc1. The van der Waals surface area contributed by atoms with E-state index in [0.29, 0.717) is 28.8 Å². The summed E-state index contributed by atoms with van der Waals surface area (Å²) in [6, 6.07) is 16.1. The first-order chi connectivity index (χ1) is 14.0. The molecule has 0 atom stereocenters. The van der Waals surface area contributed by atoms with Gasteiger partial charge in [-0.05, 0) is 37.3 Å². The topological polar surface area (TPSA) is 95.3 Å². The molecule has 3 rings (SSSR count). The second kappa shape index (κ2) is 9.70. The molecule has 1 aromatic heterocycles. The summed E-state index contributed by atoms with van der Waals surface area (Å²) >= 11 is 5.96. The first kappa shape index (κ1) is 20.3. The largest absolute Gasteiger partial charge is 0.492 e. The fourth-order valence-corrected chi connectivity index (χ4v) is 2.59. The molecule has 0 radical (unpaired) electrons. The number of nitrogens with one attached hydrogen (secondary N) is 1. The highest BCUT2D eigenvalue weighted by Crippen LogP contribution is 2.14. The molecule has 8 nitrogen and oxygen atoms in total. The molecule has 0 aliphatic carbocycles. The Labute approximate surface area is 172 Å². The van der Waals surface area contributed by atoms with Crippen molar-refractivity contribution in [3.05, 3.63) is 71.0 Å². The number of rotatable bonds is 8. The average Bonchev–Trinajstić information content (AvgIpc) is 3.12. The summed E-state index contributed by atoms with van der Waals surface area (Å²) in [5, 5.41) is 11.5. The van der Waals surface area contributed by atoms with Gasteiger partial charge in [0.2, 0.25) is 0 Å². The van der Waals surface area contributed by atoms with Crippen molar-refractivity contribution in [2.75, 3.05) is 19.8 Å². The fraction of sp³-hybridized carbons (Fsp3) is 0.200. The van der Waals surface area contributed by atoms with Crippen LogP contribution in [0.15, 0.2) is 54.6 Å². The standard InChI is InChI=1S/C20H19ClN4O4/c1-14-19(24-25(23-14)16-7-5-6-15(21)12-16)20(27)29-13-18(26)22-10-11-28-17-8-3-2-4-9-17/h2-9,12H,10-11,13H2,1H3,(H,22,26). The number of benzene rings is 2. The monoisotopic (exact) mass is 414 g/mol. The van der Waals surface area contributed by atoms with Crippen LogP contribution < -0.4 is 10.1 Å². The lowest BCUT2D eigenvalue weighted by Crippen LogP contribution is -2.32. The lowest BCUT2D eigenvalue weighted by atomic mass is 10.3. The molecular weight excluding hydrogens is 396 g/mol. The third-order valence-electron chi connectivity index (χ3n) is 3.79. The molecule has 9 heteroatoms. The van der Waals surface area contributed by atoms with E-state index in [1.807, 2.05) is 30.3 Å². The van der Waals surface area contributed by atoms with E-state index in [1.54, 1.807) is 31.2 Å². The van der Waals surface area contributed by atoms with Gasteiger partial charge in [0, 0.05) is 5.02 Å². The van der Waals surface area contributed by atoms with Gasteiger partial charge in [-0.3, -0.25) is 4.79 Å². The molecule has 2 aromatic carbocycles. The summed E-state index contributed by atoms with van der Waals surface area (Å²) in [6.45, 7) is 1.80. The van der Waals surface area contributed by atoms with Crippen molar-refractivity contribution in [2.24, 2.45) is 0 Å². The van der Waals surface area contributed by atoms with Crippen molar-refractivity contribution in [3.8, 4) is 11.4 Å². The predicted molar refractivity (Wildman–Crippen MR) is 106 cm³/mol. The number of carbonyl (C=O) groups is 2. The molecule has 1 N–H and O–H groups in total. The Morgan fingerprint density at radius 2 is 1.90 bits per heavy atom. The minimum atomic E-state index is -0.730.